The number of aromatic nitrogens is 1. The average Bonchev–Trinajstić information content (AvgIpc) is 2.22. The SMILES string of the molecule is NC(Cn1cc(Br)c(=O)c([N+](=O)[O-])c1)C(=O)O. The van der Waals surface area contributed by atoms with Crippen LogP contribution < -0.4 is 11.2 Å². The summed E-state index contributed by atoms with van der Waals surface area (Å²) in [5.74, 6) is -1.23. The molecule has 1 aromatic heterocycles. The Labute approximate surface area is 103 Å². The fourth-order valence-electron chi connectivity index (χ4n) is 1.12. The van der Waals surface area contributed by atoms with Crippen molar-refractivity contribution >= 4 is 27.6 Å². The molecule has 1 heterocycles. The summed E-state index contributed by atoms with van der Waals surface area (Å²) >= 11 is 2.87. The molecule has 1 unspecified atom stereocenters. The Balaban J connectivity index is 3.15. The van der Waals surface area contributed by atoms with Crippen molar-refractivity contribution < 1.29 is 14.8 Å². The molecule has 1 aromatic rings. The summed E-state index contributed by atoms with van der Waals surface area (Å²) < 4.78 is 1.16. The van der Waals surface area contributed by atoms with Crippen molar-refractivity contribution in [2.24, 2.45) is 5.73 Å². The molecule has 17 heavy (non-hydrogen) atoms. The Morgan fingerprint density at radius 1 is 1.65 bits per heavy atom. The molecule has 92 valence electrons. The quantitative estimate of drug-likeness (QED) is 0.592. The maximum absolute atomic E-state index is 11.3. The summed E-state index contributed by atoms with van der Waals surface area (Å²) in [4.78, 5) is 31.6. The smallest absolute Gasteiger partial charge is 0.333 e. The van der Waals surface area contributed by atoms with Gasteiger partial charge in [0, 0.05) is 12.7 Å². The second-order valence-corrected chi connectivity index (χ2v) is 4.07. The summed E-state index contributed by atoms with van der Waals surface area (Å²) in [5.41, 5.74) is 3.87. The van der Waals surface area contributed by atoms with Gasteiger partial charge in [0.2, 0.25) is 0 Å². The highest BCUT2D eigenvalue weighted by atomic mass is 79.9. The van der Waals surface area contributed by atoms with E-state index in [0.29, 0.717) is 0 Å². The summed E-state index contributed by atoms with van der Waals surface area (Å²) in [6.07, 6.45) is 2.20. The van der Waals surface area contributed by atoms with Crippen molar-refractivity contribution in [3.8, 4) is 0 Å². The average molecular weight is 306 g/mol. The molecular formula is C8H8BrN3O5. The van der Waals surface area contributed by atoms with Gasteiger partial charge >= 0.3 is 11.7 Å². The molecule has 0 aromatic carbocycles. The number of hydrogen-bond donors (Lipinski definition) is 2. The van der Waals surface area contributed by atoms with Crippen LogP contribution in [-0.4, -0.2) is 26.6 Å². The molecule has 0 saturated carbocycles. The van der Waals surface area contributed by atoms with Crippen molar-refractivity contribution in [2.45, 2.75) is 12.6 Å². The molecule has 0 saturated heterocycles. The molecule has 0 spiro atoms. The van der Waals surface area contributed by atoms with Gasteiger partial charge in [-0.1, -0.05) is 0 Å². The van der Waals surface area contributed by atoms with Crippen LogP contribution in [0, 0.1) is 10.1 Å². The topological polar surface area (TPSA) is 128 Å². The fourth-order valence-corrected chi connectivity index (χ4v) is 1.59. The van der Waals surface area contributed by atoms with E-state index in [2.05, 4.69) is 15.9 Å². The Morgan fingerprint density at radius 2 is 2.24 bits per heavy atom. The minimum atomic E-state index is -1.23. The third-order valence-electron chi connectivity index (χ3n) is 1.94. The van der Waals surface area contributed by atoms with Crippen LogP contribution in [0.2, 0.25) is 0 Å². The van der Waals surface area contributed by atoms with E-state index in [1.165, 1.54) is 10.8 Å². The van der Waals surface area contributed by atoms with Crippen LogP contribution in [0.15, 0.2) is 21.7 Å². The Bertz CT molecular complexity index is 526. The molecule has 0 fully saturated rings. The Hall–Kier alpha value is -1.74. The van der Waals surface area contributed by atoms with Crippen LogP contribution in [-0.2, 0) is 11.3 Å². The number of hydrogen-bond acceptors (Lipinski definition) is 5. The largest absolute Gasteiger partial charge is 0.480 e. The zero-order valence-corrected chi connectivity index (χ0v) is 9.96. The van der Waals surface area contributed by atoms with Gasteiger partial charge in [-0.2, -0.15) is 0 Å². The van der Waals surface area contributed by atoms with Crippen molar-refractivity contribution in [3.05, 3.63) is 37.2 Å². The Morgan fingerprint density at radius 3 is 2.71 bits per heavy atom. The van der Waals surface area contributed by atoms with Gasteiger partial charge in [0.25, 0.3) is 5.43 Å². The van der Waals surface area contributed by atoms with E-state index < -0.39 is 28.1 Å². The molecule has 8 nitrogen and oxygen atoms in total. The Kier molecular flexibility index (Phi) is 3.97. The second-order valence-electron chi connectivity index (χ2n) is 3.22. The lowest BCUT2D eigenvalue weighted by Crippen LogP contribution is -2.34. The van der Waals surface area contributed by atoms with Gasteiger partial charge < -0.3 is 15.4 Å². The van der Waals surface area contributed by atoms with Gasteiger partial charge in [-0.3, -0.25) is 19.7 Å². The predicted molar refractivity (Wildman–Crippen MR) is 60.7 cm³/mol. The summed E-state index contributed by atoms with van der Waals surface area (Å²) in [6.45, 7) is -0.172. The normalized spacial score (nSPS) is 12.1. The molecule has 0 aliphatic heterocycles. The van der Waals surface area contributed by atoms with Crippen LogP contribution >= 0.6 is 15.9 Å². The third-order valence-corrected chi connectivity index (χ3v) is 2.50. The van der Waals surface area contributed by atoms with E-state index in [4.69, 9.17) is 10.8 Å². The number of nitro groups is 1. The van der Waals surface area contributed by atoms with Crippen LogP contribution in [0.4, 0.5) is 5.69 Å². The van der Waals surface area contributed by atoms with Crippen molar-refractivity contribution in [2.75, 3.05) is 0 Å². The van der Waals surface area contributed by atoms with E-state index in [-0.39, 0.29) is 11.0 Å². The second kappa shape index (κ2) is 5.06. The molecule has 0 radical (unpaired) electrons. The van der Waals surface area contributed by atoms with Gasteiger partial charge in [-0.25, -0.2) is 0 Å². The van der Waals surface area contributed by atoms with Gasteiger partial charge in [0.05, 0.1) is 15.6 Å². The molecule has 1 rings (SSSR count). The molecule has 0 amide bonds. The highest BCUT2D eigenvalue weighted by Gasteiger charge is 2.18. The first-order valence-electron chi connectivity index (χ1n) is 4.35. The third kappa shape index (κ3) is 3.11. The fraction of sp³-hybridized carbons (Fsp3) is 0.250. The van der Waals surface area contributed by atoms with Gasteiger partial charge in [-0.05, 0) is 15.9 Å². The van der Waals surface area contributed by atoms with Crippen LogP contribution in [0.5, 0.6) is 0 Å². The van der Waals surface area contributed by atoms with Crippen molar-refractivity contribution in [3.63, 3.8) is 0 Å². The predicted octanol–water partition coefficient (Wildman–Crippen LogP) is -0.0691. The molecule has 3 N–H and O–H groups in total. The minimum absolute atomic E-state index is 0.0238. The lowest BCUT2D eigenvalue weighted by molar-refractivity contribution is -0.386. The zero-order chi connectivity index (χ0) is 13.2. The first kappa shape index (κ1) is 13.3. The van der Waals surface area contributed by atoms with Crippen molar-refractivity contribution in [1.29, 1.82) is 0 Å². The van der Waals surface area contributed by atoms with Crippen molar-refractivity contribution in [1.82, 2.24) is 4.57 Å². The van der Waals surface area contributed by atoms with Crippen LogP contribution in [0.1, 0.15) is 0 Å². The molecule has 9 heteroatoms. The van der Waals surface area contributed by atoms with E-state index >= 15 is 0 Å². The lowest BCUT2D eigenvalue weighted by atomic mass is 10.3. The first-order valence-corrected chi connectivity index (χ1v) is 5.14. The molecule has 0 bridgehead atoms. The number of rotatable bonds is 4. The standard InChI is InChI=1S/C8H8BrN3O5/c9-4-1-11(2-5(10)8(14)15)3-6(7(4)13)12(16)17/h1,3,5H,2,10H2,(H,14,15). The van der Waals surface area contributed by atoms with Crippen LogP contribution in [0.25, 0.3) is 0 Å². The summed E-state index contributed by atoms with van der Waals surface area (Å²) in [6, 6.07) is -1.20. The number of halogens is 1. The number of carboxylic acid groups (broad SMARTS) is 1. The zero-order valence-electron chi connectivity index (χ0n) is 8.37. The monoisotopic (exact) mass is 305 g/mol. The molecule has 1 atom stereocenters. The number of aliphatic carboxylic acids is 1. The lowest BCUT2D eigenvalue weighted by Gasteiger charge is -2.09. The highest BCUT2D eigenvalue weighted by molar-refractivity contribution is 9.10. The summed E-state index contributed by atoms with van der Waals surface area (Å²) in [5, 5.41) is 19.2. The van der Waals surface area contributed by atoms with E-state index in [1.54, 1.807) is 0 Å². The number of carbonyl (C=O) groups is 1. The highest BCUT2D eigenvalue weighted by Crippen LogP contribution is 2.11. The van der Waals surface area contributed by atoms with E-state index in [1.807, 2.05) is 0 Å². The first-order chi connectivity index (χ1) is 7.82. The number of pyridine rings is 1. The maximum Gasteiger partial charge on any atom is 0.333 e. The van der Waals surface area contributed by atoms with E-state index in [0.717, 1.165) is 6.20 Å². The minimum Gasteiger partial charge on any atom is -0.480 e. The van der Waals surface area contributed by atoms with Gasteiger partial charge in [0.15, 0.2) is 0 Å². The molecule has 0 aliphatic carbocycles. The number of nitrogens with two attached hydrogens (primary N) is 1. The van der Waals surface area contributed by atoms with E-state index in [9.17, 15) is 19.7 Å². The maximum atomic E-state index is 11.3. The summed E-state index contributed by atoms with van der Waals surface area (Å²) in [7, 11) is 0. The van der Waals surface area contributed by atoms with Gasteiger partial charge in [0.1, 0.15) is 6.04 Å². The number of carboxylic acids is 1. The van der Waals surface area contributed by atoms with Crippen LogP contribution in [0.3, 0.4) is 0 Å². The van der Waals surface area contributed by atoms with Gasteiger partial charge in [-0.15, -0.1) is 0 Å². The number of nitrogens with zero attached hydrogens (tertiary/aromatic N) is 2. The molecular weight excluding hydrogens is 298 g/mol. The molecule has 0 aliphatic rings.